The third kappa shape index (κ3) is 3.11. The van der Waals surface area contributed by atoms with E-state index in [4.69, 9.17) is 10.5 Å². The van der Waals surface area contributed by atoms with Gasteiger partial charge < -0.3 is 15.5 Å². The number of nitrogens with zero attached hydrogens (tertiary/aromatic N) is 1. The molecule has 0 atom stereocenters. The lowest BCUT2D eigenvalue weighted by atomic mass is 10.0. The number of H-pyrrole nitrogens is 1. The summed E-state index contributed by atoms with van der Waals surface area (Å²) < 4.78 is 5.10. The molecule has 4 N–H and O–H groups in total. The molecule has 26 heavy (non-hydrogen) atoms. The van der Waals surface area contributed by atoms with Crippen LogP contribution in [0.25, 0.3) is 6.08 Å². The van der Waals surface area contributed by atoms with Gasteiger partial charge in [0.1, 0.15) is 5.71 Å². The molecule has 0 radical (unpaired) electrons. The van der Waals surface area contributed by atoms with Gasteiger partial charge in [-0.2, -0.15) is 5.10 Å². The highest BCUT2D eigenvalue weighted by Gasteiger charge is 2.26. The predicted molar refractivity (Wildman–Crippen MR) is 99.7 cm³/mol. The van der Waals surface area contributed by atoms with Crippen molar-refractivity contribution in [2.24, 2.45) is 5.10 Å². The van der Waals surface area contributed by atoms with Crippen molar-refractivity contribution in [3.63, 3.8) is 0 Å². The summed E-state index contributed by atoms with van der Waals surface area (Å²) in [6.45, 7) is 5.67. The van der Waals surface area contributed by atoms with Crippen molar-refractivity contribution in [2.45, 2.75) is 20.8 Å². The number of hydrogen-bond donors (Lipinski definition) is 3. The first-order chi connectivity index (χ1) is 12.4. The molecule has 0 fully saturated rings. The van der Waals surface area contributed by atoms with Crippen LogP contribution in [0.4, 0.5) is 5.69 Å². The van der Waals surface area contributed by atoms with E-state index in [2.05, 4.69) is 15.5 Å². The lowest BCUT2D eigenvalue weighted by molar-refractivity contribution is -0.116. The third-order valence-electron chi connectivity index (χ3n) is 4.17. The fourth-order valence-electron chi connectivity index (χ4n) is 2.95. The van der Waals surface area contributed by atoms with Crippen LogP contribution in [0.1, 0.15) is 39.8 Å². The molecule has 7 heteroatoms. The number of aryl methyl sites for hydroxylation is 1. The van der Waals surface area contributed by atoms with Crippen LogP contribution < -0.4 is 11.2 Å². The Balaban J connectivity index is 2.03. The molecule has 3 rings (SSSR count). The first-order valence-corrected chi connectivity index (χ1v) is 8.24. The second kappa shape index (κ2) is 6.87. The Hall–Kier alpha value is -3.35. The first kappa shape index (κ1) is 17.5. The molecule has 134 valence electrons. The Morgan fingerprint density at radius 3 is 2.81 bits per heavy atom. The quantitative estimate of drug-likeness (QED) is 0.445. The molecule has 0 spiro atoms. The number of nitrogen functional groups attached to an aromatic ring is 1. The average molecular weight is 352 g/mol. The maximum absolute atomic E-state index is 12.3. The van der Waals surface area contributed by atoms with E-state index in [9.17, 15) is 9.59 Å². The molecule has 1 aromatic heterocycles. The summed E-state index contributed by atoms with van der Waals surface area (Å²) >= 11 is 0. The van der Waals surface area contributed by atoms with Gasteiger partial charge in [0.25, 0.3) is 5.91 Å². The van der Waals surface area contributed by atoms with Gasteiger partial charge in [-0.25, -0.2) is 10.2 Å². The van der Waals surface area contributed by atoms with Crippen LogP contribution in [-0.4, -0.2) is 29.2 Å². The highest BCUT2D eigenvalue weighted by Crippen LogP contribution is 2.24. The smallest absolute Gasteiger partial charge is 0.340 e. The molecule has 1 aromatic carbocycles. The summed E-state index contributed by atoms with van der Waals surface area (Å²) in [4.78, 5) is 27.5. The highest BCUT2D eigenvalue weighted by atomic mass is 16.5. The summed E-state index contributed by atoms with van der Waals surface area (Å²) in [5.41, 5.74) is 13.1. The minimum Gasteiger partial charge on any atom is -0.462 e. The van der Waals surface area contributed by atoms with Crippen LogP contribution in [-0.2, 0) is 9.53 Å². The number of ether oxygens (including phenoxy) is 1. The number of esters is 1. The Morgan fingerprint density at radius 2 is 2.12 bits per heavy atom. The van der Waals surface area contributed by atoms with E-state index < -0.39 is 0 Å². The van der Waals surface area contributed by atoms with Gasteiger partial charge in [0, 0.05) is 22.6 Å². The summed E-state index contributed by atoms with van der Waals surface area (Å²) in [6, 6.07) is 7.15. The summed E-state index contributed by atoms with van der Waals surface area (Å²) in [5, 5.41) is 4.12. The fourth-order valence-corrected chi connectivity index (χ4v) is 2.95. The number of benzene rings is 1. The molecule has 0 unspecified atom stereocenters. The highest BCUT2D eigenvalue weighted by molar-refractivity contribution is 6.33. The van der Waals surface area contributed by atoms with Crippen LogP contribution in [0.15, 0.2) is 34.9 Å². The van der Waals surface area contributed by atoms with Crippen molar-refractivity contribution >= 4 is 29.4 Å². The lowest BCUT2D eigenvalue weighted by Gasteiger charge is -2.04. The van der Waals surface area contributed by atoms with Crippen LogP contribution in [0.2, 0.25) is 0 Å². The molecular weight excluding hydrogens is 332 g/mol. The molecule has 1 aliphatic rings. The topological polar surface area (TPSA) is 110 Å². The van der Waals surface area contributed by atoms with Gasteiger partial charge in [-0.05, 0) is 44.5 Å². The molecule has 1 amide bonds. The number of nitrogens with two attached hydrogens (primary N) is 1. The number of carbonyl (C=O) groups is 2. The van der Waals surface area contributed by atoms with Gasteiger partial charge in [0.15, 0.2) is 0 Å². The Kier molecular flexibility index (Phi) is 4.62. The second-order valence-electron chi connectivity index (χ2n) is 5.97. The van der Waals surface area contributed by atoms with Crippen molar-refractivity contribution in [3.8, 4) is 0 Å². The van der Waals surface area contributed by atoms with Crippen molar-refractivity contribution in [2.75, 3.05) is 12.3 Å². The number of anilines is 1. The van der Waals surface area contributed by atoms with Gasteiger partial charge in [0.2, 0.25) is 0 Å². The van der Waals surface area contributed by atoms with Crippen molar-refractivity contribution in [1.29, 1.82) is 0 Å². The van der Waals surface area contributed by atoms with E-state index in [1.807, 2.05) is 13.0 Å². The monoisotopic (exact) mass is 352 g/mol. The van der Waals surface area contributed by atoms with Crippen LogP contribution in [0.3, 0.4) is 0 Å². The molecule has 0 saturated heterocycles. The Morgan fingerprint density at radius 1 is 1.35 bits per heavy atom. The Labute approximate surface area is 150 Å². The number of carbonyl (C=O) groups excluding carboxylic acids is 2. The summed E-state index contributed by atoms with van der Waals surface area (Å²) in [5.74, 6) is -0.698. The molecule has 0 saturated carbocycles. The zero-order valence-electron chi connectivity index (χ0n) is 14.8. The molecule has 2 heterocycles. The maximum atomic E-state index is 12.3. The van der Waals surface area contributed by atoms with Crippen LogP contribution >= 0.6 is 0 Å². The van der Waals surface area contributed by atoms with Gasteiger partial charge in [-0.1, -0.05) is 12.1 Å². The van der Waals surface area contributed by atoms with Crippen molar-refractivity contribution in [3.05, 3.63) is 57.9 Å². The molecule has 0 aliphatic carbocycles. The normalized spacial score (nSPS) is 15.1. The summed E-state index contributed by atoms with van der Waals surface area (Å²) in [6.07, 6.45) is 1.69. The zero-order valence-corrected chi connectivity index (χ0v) is 14.8. The van der Waals surface area contributed by atoms with E-state index in [1.54, 1.807) is 38.1 Å². The largest absolute Gasteiger partial charge is 0.462 e. The summed E-state index contributed by atoms with van der Waals surface area (Å²) in [7, 11) is 0. The van der Waals surface area contributed by atoms with E-state index in [-0.39, 0.29) is 11.9 Å². The number of aromatic nitrogens is 1. The predicted octanol–water partition coefficient (Wildman–Crippen LogP) is 2.31. The maximum Gasteiger partial charge on any atom is 0.340 e. The van der Waals surface area contributed by atoms with Gasteiger partial charge >= 0.3 is 5.97 Å². The molecular formula is C19H20N4O3. The van der Waals surface area contributed by atoms with Gasteiger partial charge in [-0.3, -0.25) is 4.79 Å². The van der Waals surface area contributed by atoms with E-state index in [0.717, 1.165) is 11.1 Å². The fraction of sp³-hybridized carbons (Fsp3) is 0.211. The van der Waals surface area contributed by atoms with Crippen LogP contribution in [0.5, 0.6) is 0 Å². The SMILES string of the molecule is CCOC(=O)c1c(C)[nH]c(/C=C2/C(=O)NN=C2c2cccc(N)c2)c1C. The number of nitrogens with one attached hydrogen (secondary N) is 2. The number of rotatable bonds is 4. The van der Waals surface area contributed by atoms with E-state index in [1.165, 1.54) is 0 Å². The number of hydrazone groups is 1. The molecule has 1 aliphatic heterocycles. The second-order valence-corrected chi connectivity index (χ2v) is 5.97. The minimum atomic E-state index is -0.385. The lowest BCUT2D eigenvalue weighted by Crippen LogP contribution is -2.13. The average Bonchev–Trinajstić information content (AvgIpc) is 3.08. The van der Waals surface area contributed by atoms with E-state index >= 15 is 0 Å². The molecule has 7 nitrogen and oxygen atoms in total. The van der Waals surface area contributed by atoms with Crippen molar-refractivity contribution < 1.29 is 14.3 Å². The first-order valence-electron chi connectivity index (χ1n) is 8.24. The zero-order chi connectivity index (χ0) is 18.8. The van der Waals surface area contributed by atoms with Crippen LogP contribution in [0, 0.1) is 13.8 Å². The molecule has 0 bridgehead atoms. The molecule has 2 aromatic rings. The standard InChI is InChI=1S/C19H20N4O3/c1-4-26-19(25)16-10(2)15(21-11(16)3)9-14-17(22-23-18(14)24)12-6-5-7-13(20)8-12/h5-9,21H,4,20H2,1-3H3,(H,23,24)/b14-9+. The number of aromatic amines is 1. The number of amides is 1. The number of hydrogen-bond acceptors (Lipinski definition) is 5. The van der Waals surface area contributed by atoms with E-state index in [0.29, 0.717) is 40.5 Å². The van der Waals surface area contributed by atoms with Crippen molar-refractivity contribution in [1.82, 2.24) is 10.4 Å². The van der Waals surface area contributed by atoms with Gasteiger partial charge in [-0.15, -0.1) is 0 Å². The van der Waals surface area contributed by atoms with Gasteiger partial charge in [0.05, 0.1) is 17.7 Å². The third-order valence-corrected chi connectivity index (χ3v) is 4.17. The minimum absolute atomic E-state index is 0.300. The Bertz CT molecular complexity index is 954.